The van der Waals surface area contributed by atoms with Crippen LogP contribution >= 0.6 is 11.8 Å². The van der Waals surface area contributed by atoms with Crippen LogP contribution in [0.15, 0.2) is 348 Å². The summed E-state index contributed by atoms with van der Waals surface area (Å²) in [6.45, 7) is 0. The summed E-state index contributed by atoms with van der Waals surface area (Å²) in [7, 11) is 0. The lowest BCUT2D eigenvalue weighted by Crippen LogP contribution is -2.09. The third-order valence-corrected chi connectivity index (χ3v) is 14.7. The van der Waals surface area contributed by atoms with Gasteiger partial charge >= 0.3 is 0 Å². The molecule has 0 radical (unpaired) electrons. The summed E-state index contributed by atoms with van der Waals surface area (Å²) in [5.74, 6) is 1.63. The normalized spacial score (nSPS) is 10.3. The van der Waals surface area contributed by atoms with Gasteiger partial charge in [0.05, 0.1) is 11.0 Å². The monoisotopic (exact) mass is 1180 g/mol. The van der Waals surface area contributed by atoms with Crippen LogP contribution in [0.4, 0.5) is 51.2 Å². The number of furan rings is 1. The average Bonchev–Trinajstić information content (AvgIpc) is 1.64. The standard InChI is InChI=1S/C18H14N2.C18H16N2.C12H9NO.C12H11NO.C12H11NS.C5H6N2/c19-13-10-11-18-16(12-13)15-8-4-5-9-17(15)20(18)14-6-2-1-3-7-14;19-15-11-13-18(14-12-15)20(16-7-3-1-4-8-16)17-9-5-2-6-10-17;13-8-5-6-10-9-3-1-2-4-11(9)14-12(10)7-8;2*13-10-6-8-12(9-7-10)14-11-4-2-1-3-5-11;6-5-1-3-7-4-2-5/h1-12H,19H2;1-14H,19H2;1-7H,13H2;2*1-9H,13H2;1-4H,(H2,6,7). The van der Waals surface area contributed by atoms with Gasteiger partial charge in [-0.1, -0.05) is 139 Å². The van der Waals surface area contributed by atoms with Crippen molar-refractivity contribution in [3.8, 4) is 17.2 Å². The van der Waals surface area contributed by atoms with Gasteiger partial charge in [0.1, 0.15) is 22.7 Å². The van der Waals surface area contributed by atoms with Crippen molar-refractivity contribution in [2.24, 2.45) is 0 Å². The van der Waals surface area contributed by atoms with Crippen molar-refractivity contribution in [2.75, 3.05) is 39.3 Å². The van der Waals surface area contributed by atoms with Gasteiger partial charge in [0.15, 0.2) is 0 Å². The average molecular weight is 1180 g/mol. The number of aromatic nitrogens is 2. The number of nitrogen functional groups attached to an aromatic ring is 6. The summed E-state index contributed by atoms with van der Waals surface area (Å²) >= 11 is 1.74. The number of nitrogens with two attached hydrogens (primary N) is 6. The van der Waals surface area contributed by atoms with Crippen LogP contribution < -0.4 is 44.0 Å². The summed E-state index contributed by atoms with van der Waals surface area (Å²) in [5, 5.41) is 4.69. The molecule has 12 aromatic carbocycles. The topological polar surface area (TPSA) is 200 Å². The zero-order valence-electron chi connectivity index (χ0n) is 48.8. The first-order valence-corrected chi connectivity index (χ1v) is 29.5. The second-order valence-corrected chi connectivity index (χ2v) is 21.3. The minimum absolute atomic E-state index is 0.733. The van der Waals surface area contributed by atoms with E-state index >= 15 is 0 Å². The van der Waals surface area contributed by atoms with E-state index in [9.17, 15) is 0 Å². The molecular formula is C77H67N9O2S. The Balaban J connectivity index is 0.000000120. The quantitative estimate of drug-likeness (QED) is 0.0791. The third-order valence-electron chi connectivity index (χ3n) is 13.7. The Morgan fingerprint density at radius 2 is 0.730 bits per heavy atom. The SMILES string of the molecule is Nc1ccc(N(c2ccccc2)c2ccccc2)cc1.Nc1ccc(Oc2ccccc2)cc1.Nc1ccc(Sc2ccccc2)cc1.Nc1ccc2c(c1)c1ccccc1n2-c1ccccc1.Nc1ccc2c(c1)oc1ccccc12.Nc1ccncc1. The van der Waals surface area contributed by atoms with E-state index in [1.807, 2.05) is 206 Å². The van der Waals surface area contributed by atoms with Gasteiger partial charge in [0, 0.05) is 107 Å². The van der Waals surface area contributed by atoms with Crippen LogP contribution in [0.25, 0.3) is 49.4 Å². The molecule has 89 heavy (non-hydrogen) atoms. The number of pyridine rings is 1. The van der Waals surface area contributed by atoms with Gasteiger partial charge in [-0.25, -0.2) is 0 Å². The third kappa shape index (κ3) is 16.7. The van der Waals surface area contributed by atoms with Crippen molar-refractivity contribution in [1.29, 1.82) is 0 Å². The largest absolute Gasteiger partial charge is 0.457 e. The van der Waals surface area contributed by atoms with Gasteiger partial charge < -0.3 is 53.0 Å². The summed E-state index contributed by atoms with van der Waals surface area (Å²) in [5.41, 5.74) is 47.2. The van der Waals surface area contributed by atoms with Gasteiger partial charge in [-0.05, 0) is 188 Å². The molecular weight excluding hydrogens is 1110 g/mol. The molecule has 0 bridgehead atoms. The van der Waals surface area contributed by atoms with Gasteiger partial charge in [-0.15, -0.1) is 0 Å². The van der Waals surface area contributed by atoms with Crippen LogP contribution in [-0.2, 0) is 0 Å². The fourth-order valence-corrected chi connectivity index (χ4v) is 10.3. The number of anilines is 9. The minimum atomic E-state index is 0.733. The molecule has 0 saturated heterocycles. The Morgan fingerprint density at radius 3 is 1.33 bits per heavy atom. The minimum Gasteiger partial charge on any atom is -0.457 e. The molecule has 3 aromatic heterocycles. The van der Waals surface area contributed by atoms with Crippen molar-refractivity contribution in [3.63, 3.8) is 0 Å². The van der Waals surface area contributed by atoms with E-state index in [2.05, 4.69) is 118 Å². The Morgan fingerprint density at radius 1 is 0.315 bits per heavy atom. The van der Waals surface area contributed by atoms with Gasteiger partial charge in [-0.2, -0.15) is 0 Å². The van der Waals surface area contributed by atoms with Crippen molar-refractivity contribution >= 4 is 107 Å². The second kappa shape index (κ2) is 30.3. The molecule has 0 aliphatic carbocycles. The van der Waals surface area contributed by atoms with E-state index in [0.29, 0.717) is 0 Å². The Bertz CT molecular complexity index is 4460. The highest BCUT2D eigenvalue weighted by Crippen LogP contribution is 2.36. The van der Waals surface area contributed by atoms with E-state index in [1.54, 1.807) is 36.3 Å². The molecule has 438 valence electrons. The molecule has 0 saturated carbocycles. The highest BCUT2D eigenvalue weighted by atomic mass is 32.2. The molecule has 3 heterocycles. The highest BCUT2D eigenvalue weighted by molar-refractivity contribution is 7.99. The molecule has 11 nitrogen and oxygen atoms in total. The number of fused-ring (bicyclic) bond motifs is 6. The zero-order valence-corrected chi connectivity index (χ0v) is 49.6. The van der Waals surface area contributed by atoms with E-state index in [-0.39, 0.29) is 0 Å². The van der Waals surface area contributed by atoms with E-state index < -0.39 is 0 Å². The number of ether oxygens (including phenoxy) is 1. The van der Waals surface area contributed by atoms with Crippen LogP contribution in [0.1, 0.15) is 0 Å². The zero-order chi connectivity index (χ0) is 61.6. The molecule has 0 amide bonds. The molecule has 0 fully saturated rings. The van der Waals surface area contributed by atoms with Crippen LogP contribution in [0.5, 0.6) is 11.5 Å². The summed E-state index contributed by atoms with van der Waals surface area (Å²) < 4.78 is 13.5. The predicted octanol–water partition coefficient (Wildman–Crippen LogP) is 19.4. The van der Waals surface area contributed by atoms with Gasteiger partial charge in [-0.3, -0.25) is 4.98 Å². The summed E-state index contributed by atoms with van der Waals surface area (Å²) in [6, 6.07) is 106. The number of hydrogen-bond acceptors (Lipinski definition) is 11. The maximum atomic E-state index is 5.95. The van der Waals surface area contributed by atoms with Crippen LogP contribution in [0, 0.1) is 0 Å². The van der Waals surface area contributed by atoms with Crippen LogP contribution in [0.3, 0.4) is 0 Å². The molecule has 15 aromatic rings. The van der Waals surface area contributed by atoms with Crippen molar-refractivity contribution in [1.82, 2.24) is 9.55 Å². The maximum Gasteiger partial charge on any atom is 0.137 e. The van der Waals surface area contributed by atoms with Gasteiger partial charge in [0.2, 0.25) is 0 Å². The predicted molar refractivity (Wildman–Crippen MR) is 376 cm³/mol. The number of nitrogens with zero attached hydrogens (tertiary/aromatic N) is 3. The Kier molecular flexibility index (Phi) is 20.5. The highest BCUT2D eigenvalue weighted by Gasteiger charge is 2.13. The first-order valence-electron chi connectivity index (χ1n) is 28.7. The molecule has 12 heteroatoms. The molecule has 0 spiro atoms. The molecule has 15 rings (SSSR count). The van der Waals surface area contributed by atoms with Crippen LogP contribution in [0.2, 0.25) is 0 Å². The molecule has 0 atom stereocenters. The Hall–Kier alpha value is -11.9. The smallest absolute Gasteiger partial charge is 0.137 e. The first kappa shape index (κ1) is 60.3. The second-order valence-electron chi connectivity index (χ2n) is 20.2. The summed E-state index contributed by atoms with van der Waals surface area (Å²) in [6.07, 6.45) is 3.32. The summed E-state index contributed by atoms with van der Waals surface area (Å²) in [4.78, 5) is 8.43. The molecule has 0 aliphatic heterocycles. The molecule has 0 aliphatic rings. The van der Waals surface area contributed by atoms with E-state index in [1.165, 1.54) is 37.3 Å². The van der Waals surface area contributed by atoms with E-state index in [0.717, 1.165) is 84.6 Å². The lowest BCUT2D eigenvalue weighted by molar-refractivity contribution is 0.483. The number of benzene rings is 12. The van der Waals surface area contributed by atoms with Crippen molar-refractivity contribution < 1.29 is 9.15 Å². The number of rotatable bonds is 8. The lowest BCUT2D eigenvalue weighted by Gasteiger charge is -2.25. The molecule has 12 N–H and O–H groups in total. The fraction of sp³-hybridized carbons (Fsp3) is 0. The van der Waals surface area contributed by atoms with Crippen molar-refractivity contribution in [2.45, 2.75) is 9.79 Å². The lowest BCUT2D eigenvalue weighted by atomic mass is 10.1. The first-order chi connectivity index (χ1) is 43.6. The fourth-order valence-electron chi connectivity index (χ4n) is 9.50. The van der Waals surface area contributed by atoms with Gasteiger partial charge in [0.25, 0.3) is 0 Å². The Labute approximate surface area is 522 Å². The molecule has 0 unspecified atom stereocenters. The number of hydrogen-bond donors (Lipinski definition) is 6. The van der Waals surface area contributed by atoms with E-state index in [4.69, 9.17) is 43.6 Å². The number of para-hydroxylation sites is 6. The maximum absolute atomic E-state index is 5.95. The van der Waals surface area contributed by atoms with Crippen molar-refractivity contribution in [3.05, 3.63) is 334 Å². The van der Waals surface area contributed by atoms with Crippen LogP contribution in [-0.4, -0.2) is 9.55 Å².